The fourth-order valence-corrected chi connectivity index (χ4v) is 2.35. The number of nitrogens with zero attached hydrogens (tertiary/aromatic N) is 4. The summed E-state index contributed by atoms with van der Waals surface area (Å²) >= 11 is 1.37. The van der Waals surface area contributed by atoms with Crippen molar-refractivity contribution in [2.24, 2.45) is 0 Å². The molecule has 2 heterocycles. The van der Waals surface area contributed by atoms with Gasteiger partial charge >= 0.3 is 0 Å². The van der Waals surface area contributed by atoms with Crippen molar-refractivity contribution in [3.05, 3.63) is 52.5 Å². The van der Waals surface area contributed by atoms with E-state index in [9.17, 15) is 9.18 Å². The van der Waals surface area contributed by atoms with Crippen LogP contribution in [0.3, 0.4) is 0 Å². The summed E-state index contributed by atoms with van der Waals surface area (Å²) in [5.41, 5.74) is 0.528. The molecule has 0 fully saturated rings. The SMILES string of the molecule is O=C(Cn1nnc(-c2cccc(F)c2)n1)c1cccs1. The van der Waals surface area contributed by atoms with Gasteiger partial charge < -0.3 is 0 Å². The van der Waals surface area contributed by atoms with Gasteiger partial charge in [-0.2, -0.15) is 4.80 Å². The third-order valence-electron chi connectivity index (χ3n) is 2.62. The number of halogens is 1. The second kappa shape index (κ2) is 5.30. The summed E-state index contributed by atoms with van der Waals surface area (Å²) in [5, 5.41) is 13.6. The third kappa shape index (κ3) is 2.62. The van der Waals surface area contributed by atoms with E-state index >= 15 is 0 Å². The van der Waals surface area contributed by atoms with E-state index in [0.717, 1.165) is 0 Å². The Morgan fingerprint density at radius 1 is 1.30 bits per heavy atom. The Bertz CT molecular complexity index is 738. The molecular weight excluding hydrogens is 279 g/mol. The zero-order valence-corrected chi connectivity index (χ0v) is 11.0. The molecule has 3 rings (SSSR count). The van der Waals surface area contributed by atoms with Crippen LogP contribution in [0, 0.1) is 5.82 Å². The van der Waals surface area contributed by atoms with E-state index in [2.05, 4.69) is 15.4 Å². The van der Waals surface area contributed by atoms with Gasteiger partial charge in [-0.15, -0.1) is 21.5 Å². The number of hydrogen-bond donors (Lipinski definition) is 0. The van der Waals surface area contributed by atoms with Crippen molar-refractivity contribution in [1.29, 1.82) is 0 Å². The molecule has 0 saturated heterocycles. The van der Waals surface area contributed by atoms with Crippen LogP contribution in [-0.4, -0.2) is 26.0 Å². The van der Waals surface area contributed by atoms with Crippen LogP contribution in [-0.2, 0) is 6.54 Å². The summed E-state index contributed by atoms with van der Waals surface area (Å²) in [6, 6.07) is 9.48. The molecule has 5 nitrogen and oxygen atoms in total. The summed E-state index contributed by atoms with van der Waals surface area (Å²) in [7, 11) is 0. The summed E-state index contributed by atoms with van der Waals surface area (Å²) < 4.78 is 13.1. The van der Waals surface area contributed by atoms with Gasteiger partial charge in [-0.05, 0) is 28.8 Å². The predicted molar refractivity (Wildman–Crippen MR) is 71.9 cm³/mol. The number of rotatable bonds is 4. The van der Waals surface area contributed by atoms with E-state index < -0.39 is 0 Å². The molecule has 2 aromatic heterocycles. The highest BCUT2D eigenvalue weighted by atomic mass is 32.1. The average Bonchev–Trinajstić information content (AvgIpc) is 3.10. The summed E-state index contributed by atoms with van der Waals surface area (Å²) in [5.74, 6) is -0.153. The van der Waals surface area contributed by atoms with Crippen molar-refractivity contribution in [2.45, 2.75) is 6.54 Å². The fraction of sp³-hybridized carbons (Fsp3) is 0.0769. The maximum absolute atomic E-state index is 13.1. The van der Waals surface area contributed by atoms with Gasteiger partial charge in [0.25, 0.3) is 0 Å². The fourth-order valence-electron chi connectivity index (χ4n) is 1.70. The number of ketones is 1. The number of aromatic nitrogens is 4. The number of benzene rings is 1. The van der Waals surface area contributed by atoms with E-state index in [1.165, 1.54) is 28.3 Å². The Balaban J connectivity index is 1.79. The highest BCUT2D eigenvalue weighted by Crippen LogP contribution is 2.15. The molecule has 0 amide bonds. The van der Waals surface area contributed by atoms with Crippen molar-refractivity contribution in [3.8, 4) is 11.4 Å². The molecule has 0 spiro atoms. The first-order chi connectivity index (χ1) is 9.72. The predicted octanol–water partition coefficient (Wildman–Crippen LogP) is 2.42. The first kappa shape index (κ1) is 12.6. The van der Waals surface area contributed by atoms with Crippen LogP contribution < -0.4 is 0 Å². The minimum atomic E-state index is -0.367. The van der Waals surface area contributed by atoms with Crippen LogP contribution in [0.5, 0.6) is 0 Å². The zero-order chi connectivity index (χ0) is 13.9. The van der Waals surface area contributed by atoms with E-state index in [0.29, 0.717) is 16.3 Å². The minimum absolute atomic E-state index is 0.0167. The average molecular weight is 288 g/mol. The van der Waals surface area contributed by atoms with Crippen molar-refractivity contribution in [1.82, 2.24) is 20.2 Å². The van der Waals surface area contributed by atoms with Gasteiger partial charge in [0, 0.05) is 5.56 Å². The van der Waals surface area contributed by atoms with Gasteiger partial charge in [-0.25, -0.2) is 4.39 Å². The number of hydrogen-bond acceptors (Lipinski definition) is 5. The van der Waals surface area contributed by atoms with Gasteiger partial charge in [-0.3, -0.25) is 4.79 Å². The molecule has 0 radical (unpaired) electrons. The highest BCUT2D eigenvalue weighted by Gasteiger charge is 2.12. The number of carbonyl (C=O) groups excluding carboxylic acids is 1. The minimum Gasteiger partial charge on any atom is -0.291 e. The monoisotopic (exact) mass is 288 g/mol. The molecule has 0 aliphatic heterocycles. The Morgan fingerprint density at radius 3 is 2.95 bits per heavy atom. The lowest BCUT2D eigenvalue weighted by Crippen LogP contribution is -2.12. The zero-order valence-electron chi connectivity index (χ0n) is 10.2. The van der Waals surface area contributed by atoms with E-state index in [1.807, 2.05) is 11.4 Å². The Morgan fingerprint density at radius 2 is 2.20 bits per heavy atom. The van der Waals surface area contributed by atoms with Crippen molar-refractivity contribution in [3.63, 3.8) is 0 Å². The topological polar surface area (TPSA) is 60.7 Å². The van der Waals surface area contributed by atoms with Crippen molar-refractivity contribution >= 4 is 17.1 Å². The largest absolute Gasteiger partial charge is 0.291 e. The Kier molecular flexibility index (Phi) is 3.34. The maximum atomic E-state index is 13.1. The maximum Gasteiger partial charge on any atom is 0.205 e. The second-order valence-electron chi connectivity index (χ2n) is 4.05. The Labute approximate surface area is 117 Å². The van der Waals surface area contributed by atoms with Gasteiger partial charge in [0.15, 0.2) is 5.78 Å². The number of Topliss-reactive ketones (excluding diaryl/α,β-unsaturated/α-hetero) is 1. The lowest BCUT2D eigenvalue weighted by molar-refractivity contribution is 0.0965. The quantitative estimate of drug-likeness (QED) is 0.692. The lowest BCUT2D eigenvalue weighted by Gasteiger charge is -1.96. The standard InChI is InChI=1S/C13H9FN4OS/c14-10-4-1-3-9(7-10)13-15-17-18(16-13)8-11(19)12-5-2-6-20-12/h1-7H,8H2. The van der Waals surface area contributed by atoms with Gasteiger partial charge in [0.1, 0.15) is 12.4 Å². The molecular formula is C13H9FN4OS. The molecule has 0 saturated carbocycles. The first-order valence-corrected chi connectivity index (χ1v) is 6.71. The second-order valence-corrected chi connectivity index (χ2v) is 5.00. The molecule has 0 bridgehead atoms. The summed E-state index contributed by atoms with van der Waals surface area (Å²) in [6.45, 7) is 0.0167. The van der Waals surface area contributed by atoms with E-state index in [4.69, 9.17) is 0 Å². The normalized spacial score (nSPS) is 10.7. The van der Waals surface area contributed by atoms with E-state index in [1.54, 1.807) is 18.2 Å². The van der Waals surface area contributed by atoms with Crippen LogP contribution in [0.25, 0.3) is 11.4 Å². The smallest absolute Gasteiger partial charge is 0.205 e. The molecule has 0 unspecified atom stereocenters. The molecule has 0 N–H and O–H groups in total. The van der Waals surface area contributed by atoms with Crippen LogP contribution in [0.15, 0.2) is 41.8 Å². The molecule has 3 aromatic rings. The highest BCUT2D eigenvalue weighted by molar-refractivity contribution is 7.12. The van der Waals surface area contributed by atoms with Crippen LogP contribution >= 0.6 is 11.3 Å². The molecule has 7 heteroatoms. The molecule has 20 heavy (non-hydrogen) atoms. The van der Waals surface area contributed by atoms with Crippen LogP contribution in [0.4, 0.5) is 4.39 Å². The van der Waals surface area contributed by atoms with Crippen LogP contribution in [0.2, 0.25) is 0 Å². The first-order valence-electron chi connectivity index (χ1n) is 5.83. The van der Waals surface area contributed by atoms with Gasteiger partial charge in [0.05, 0.1) is 4.88 Å². The number of carbonyl (C=O) groups is 1. The van der Waals surface area contributed by atoms with Crippen molar-refractivity contribution < 1.29 is 9.18 Å². The number of tetrazole rings is 1. The molecule has 0 aliphatic carbocycles. The molecule has 0 aliphatic rings. The molecule has 0 atom stereocenters. The summed E-state index contributed by atoms with van der Waals surface area (Å²) in [4.78, 5) is 13.8. The van der Waals surface area contributed by atoms with E-state index in [-0.39, 0.29) is 18.1 Å². The lowest BCUT2D eigenvalue weighted by atomic mass is 10.2. The van der Waals surface area contributed by atoms with Gasteiger partial charge in [-0.1, -0.05) is 18.2 Å². The Hall–Kier alpha value is -2.41. The third-order valence-corrected chi connectivity index (χ3v) is 3.53. The van der Waals surface area contributed by atoms with Gasteiger partial charge in [0.2, 0.25) is 5.82 Å². The number of thiophene rings is 1. The molecule has 100 valence electrons. The van der Waals surface area contributed by atoms with Crippen LogP contribution in [0.1, 0.15) is 9.67 Å². The molecule has 1 aromatic carbocycles. The van der Waals surface area contributed by atoms with Crippen molar-refractivity contribution in [2.75, 3.05) is 0 Å². The summed E-state index contributed by atoms with van der Waals surface area (Å²) in [6.07, 6.45) is 0.